The van der Waals surface area contributed by atoms with Crippen molar-refractivity contribution in [2.24, 2.45) is 5.10 Å². The van der Waals surface area contributed by atoms with Gasteiger partial charge in [-0.2, -0.15) is 5.10 Å². The lowest BCUT2D eigenvalue weighted by molar-refractivity contribution is 0.106. The molecule has 0 spiro atoms. The van der Waals surface area contributed by atoms with Gasteiger partial charge in [-0.25, -0.2) is 0 Å². The Balaban J connectivity index is 1.67. The summed E-state index contributed by atoms with van der Waals surface area (Å²) in [7, 11) is 0. The molecule has 1 atom stereocenters. The van der Waals surface area contributed by atoms with E-state index in [4.69, 9.17) is 0 Å². The first-order chi connectivity index (χ1) is 13.3. The van der Waals surface area contributed by atoms with Gasteiger partial charge in [0.1, 0.15) is 5.71 Å². The van der Waals surface area contributed by atoms with Gasteiger partial charge < -0.3 is 5.43 Å². The van der Waals surface area contributed by atoms with Gasteiger partial charge >= 0.3 is 0 Å². The molecular weight excluding hydrogens is 332 g/mol. The molecule has 1 heterocycles. The zero-order chi connectivity index (χ0) is 18.2. The molecule has 1 N–H and O–H groups in total. The summed E-state index contributed by atoms with van der Waals surface area (Å²) in [4.78, 5) is 13.5. The molecule has 4 aromatic rings. The number of rotatable bonds is 3. The van der Waals surface area contributed by atoms with Gasteiger partial charge in [0, 0.05) is 12.1 Å². The molecule has 0 fully saturated rings. The molecule has 1 aliphatic rings. The maximum atomic E-state index is 13.5. The smallest absolute Gasteiger partial charge is 0.210 e. The van der Waals surface area contributed by atoms with E-state index in [1.54, 1.807) is 0 Å². The van der Waals surface area contributed by atoms with Crippen LogP contribution < -0.4 is 5.43 Å². The number of benzene rings is 4. The van der Waals surface area contributed by atoms with Crippen molar-refractivity contribution in [3.63, 3.8) is 0 Å². The fraction of sp³-hybridized carbons (Fsp3) is 0.0833. The Morgan fingerprint density at radius 1 is 0.815 bits per heavy atom. The lowest BCUT2D eigenvalue weighted by Crippen LogP contribution is -2.22. The molecule has 0 amide bonds. The van der Waals surface area contributed by atoms with Crippen LogP contribution in [-0.2, 0) is 0 Å². The van der Waals surface area contributed by atoms with E-state index in [2.05, 4.69) is 40.9 Å². The maximum Gasteiger partial charge on any atom is 0.210 e. The van der Waals surface area contributed by atoms with Crippen LogP contribution in [0, 0.1) is 0 Å². The minimum atomic E-state index is -0.0241. The second-order valence-electron chi connectivity index (χ2n) is 6.84. The third-order valence-corrected chi connectivity index (χ3v) is 5.27. The number of carbonyl (C=O) groups is 1. The monoisotopic (exact) mass is 350 g/mol. The van der Waals surface area contributed by atoms with Crippen LogP contribution in [0.3, 0.4) is 0 Å². The number of hydrogen-bond acceptors (Lipinski definition) is 3. The van der Waals surface area contributed by atoms with Crippen LogP contribution in [-0.4, -0.2) is 18.0 Å². The van der Waals surface area contributed by atoms with Gasteiger partial charge in [-0.05, 0) is 33.2 Å². The van der Waals surface area contributed by atoms with Gasteiger partial charge in [-0.1, -0.05) is 78.9 Å². The third-order valence-electron chi connectivity index (χ3n) is 5.27. The first-order valence-corrected chi connectivity index (χ1v) is 9.13. The average Bonchev–Trinajstić information content (AvgIpc) is 3.23. The minimum absolute atomic E-state index is 0.00388. The molecule has 0 bridgehead atoms. The topological polar surface area (TPSA) is 41.5 Å². The Kier molecular flexibility index (Phi) is 3.72. The summed E-state index contributed by atoms with van der Waals surface area (Å²) in [5.41, 5.74) is 5.44. The van der Waals surface area contributed by atoms with Crippen LogP contribution in [0.4, 0.5) is 0 Å². The largest absolute Gasteiger partial charge is 0.309 e. The van der Waals surface area contributed by atoms with E-state index < -0.39 is 0 Å². The SMILES string of the molecule is O=C(C1=NNC[C@H]1c1ccccc1)c1cc2ccccc2c2ccccc12. The van der Waals surface area contributed by atoms with Crippen molar-refractivity contribution in [2.75, 3.05) is 6.54 Å². The van der Waals surface area contributed by atoms with Crippen molar-refractivity contribution in [3.05, 3.63) is 96.1 Å². The summed E-state index contributed by atoms with van der Waals surface area (Å²) in [6.45, 7) is 0.649. The van der Waals surface area contributed by atoms with Gasteiger partial charge in [0.25, 0.3) is 0 Å². The number of Topliss-reactive ketones (excluding diaryl/α,β-unsaturated/α-hetero) is 1. The zero-order valence-corrected chi connectivity index (χ0v) is 14.7. The molecule has 0 radical (unpaired) electrons. The molecule has 1 aliphatic heterocycles. The standard InChI is InChI=1S/C24H18N2O/c27-24(23-22(15-25-26-23)16-8-2-1-3-9-16)21-14-17-10-4-5-11-18(17)19-12-6-7-13-20(19)21/h1-14,22,25H,15H2/t22-/m0/s1. The normalized spacial score (nSPS) is 16.3. The highest BCUT2D eigenvalue weighted by Gasteiger charge is 2.30. The van der Waals surface area contributed by atoms with Crippen LogP contribution in [0.25, 0.3) is 21.5 Å². The van der Waals surface area contributed by atoms with Crippen LogP contribution in [0.5, 0.6) is 0 Å². The van der Waals surface area contributed by atoms with Gasteiger partial charge in [-0.15, -0.1) is 0 Å². The van der Waals surface area contributed by atoms with E-state index in [9.17, 15) is 4.79 Å². The number of nitrogens with zero attached hydrogens (tertiary/aromatic N) is 1. The predicted molar refractivity (Wildman–Crippen MR) is 110 cm³/mol. The zero-order valence-electron chi connectivity index (χ0n) is 14.7. The van der Waals surface area contributed by atoms with E-state index in [0.717, 1.165) is 27.1 Å². The Labute approximate surface area is 157 Å². The summed E-state index contributed by atoms with van der Waals surface area (Å²) in [6.07, 6.45) is 0. The molecule has 0 aliphatic carbocycles. The molecular formula is C24H18N2O. The van der Waals surface area contributed by atoms with Crippen LogP contribution in [0.1, 0.15) is 21.8 Å². The van der Waals surface area contributed by atoms with Crippen LogP contribution in [0.15, 0.2) is 90.0 Å². The highest BCUT2D eigenvalue weighted by atomic mass is 16.1. The number of fused-ring (bicyclic) bond motifs is 3. The molecule has 130 valence electrons. The summed E-state index contributed by atoms with van der Waals surface area (Å²) in [5.74, 6) is -0.0280. The highest BCUT2D eigenvalue weighted by Crippen LogP contribution is 2.31. The maximum absolute atomic E-state index is 13.5. The van der Waals surface area contributed by atoms with Crippen molar-refractivity contribution < 1.29 is 4.79 Å². The van der Waals surface area contributed by atoms with Gasteiger partial charge in [-0.3, -0.25) is 4.79 Å². The third kappa shape index (κ3) is 2.59. The van der Waals surface area contributed by atoms with Crippen molar-refractivity contribution in [1.29, 1.82) is 0 Å². The lowest BCUT2D eigenvalue weighted by atomic mass is 9.87. The van der Waals surface area contributed by atoms with Gasteiger partial charge in [0.2, 0.25) is 5.78 Å². The molecule has 3 heteroatoms. The summed E-state index contributed by atoms with van der Waals surface area (Å²) in [6, 6.07) is 28.4. The molecule has 0 saturated carbocycles. The van der Waals surface area contributed by atoms with Crippen LogP contribution >= 0.6 is 0 Å². The van der Waals surface area contributed by atoms with Gasteiger partial charge in [0.15, 0.2) is 0 Å². The Morgan fingerprint density at radius 2 is 1.48 bits per heavy atom. The summed E-state index contributed by atoms with van der Waals surface area (Å²) in [5, 5.41) is 8.68. The minimum Gasteiger partial charge on any atom is -0.309 e. The second kappa shape index (κ2) is 6.36. The molecule has 4 aromatic carbocycles. The van der Waals surface area contributed by atoms with E-state index in [0.29, 0.717) is 17.8 Å². The predicted octanol–water partition coefficient (Wildman–Crippen LogP) is 4.92. The lowest BCUT2D eigenvalue weighted by Gasteiger charge is -2.14. The van der Waals surface area contributed by atoms with Crippen LogP contribution in [0.2, 0.25) is 0 Å². The fourth-order valence-electron chi connectivity index (χ4n) is 3.95. The Hall–Kier alpha value is -3.46. The Bertz CT molecular complexity index is 1190. The molecule has 0 unspecified atom stereocenters. The first-order valence-electron chi connectivity index (χ1n) is 9.13. The molecule has 0 saturated heterocycles. The number of hydrogen-bond donors (Lipinski definition) is 1. The van der Waals surface area contributed by atoms with E-state index in [1.165, 1.54) is 0 Å². The van der Waals surface area contributed by atoms with Crippen molar-refractivity contribution in [3.8, 4) is 0 Å². The van der Waals surface area contributed by atoms with Crippen molar-refractivity contribution in [1.82, 2.24) is 5.43 Å². The Morgan fingerprint density at radius 3 is 2.30 bits per heavy atom. The summed E-state index contributed by atoms with van der Waals surface area (Å²) >= 11 is 0. The highest BCUT2D eigenvalue weighted by molar-refractivity contribution is 6.50. The van der Waals surface area contributed by atoms with E-state index in [1.807, 2.05) is 54.6 Å². The van der Waals surface area contributed by atoms with E-state index in [-0.39, 0.29) is 11.7 Å². The van der Waals surface area contributed by atoms with Gasteiger partial charge in [0.05, 0.1) is 5.92 Å². The first kappa shape index (κ1) is 15.8. The number of carbonyl (C=O) groups excluding carboxylic acids is 1. The molecule has 27 heavy (non-hydrogen) atoms. The van der Waals surface area contributed by atoms with E-state index >= 15 is 0 Å². The second-order valence-corrected chi connectivity index (χ2v) is 6.84. The molecule has 3 nitrogen and oxygen atoms in total. The number of nitrogens with one attached hydrogen (secondary N) is 1. The number of ketones is 1. The summed E-state index contributed by atoms with van der Waals surface area (Å²) < 4.78 is 0. The van der Waals surface area contributed by atoms with Crippen molar-refractivity contribution >= 4 is 33.0 Å². The average molecular weight is 350 g/mol. The van der Waals surface area contributed by atoms with Crippen molar-refractivity contribution in [2.45, 2.75) is 5.92 Å². The fourth-order valence-corrected chi connectivity index (χ4v) is 3.95. The number of hydrazone groups is 1. The molecule has 0 aromatic heterocycles. The molecule has 5 rings (SSSR count). The quantitative estimate of drug-likeness (QED) is 0.421.